The fourth-order valence-corrected chi connectivity index (χ4v) is 4.15. The van der Waals surface area contributed by atoms with E-state index in [4.69, 9.17) is 3.07 Å². The van der Waals surface area contributed by atoms with E-state index >= 15 is 0 Å². The van der Waals surface area contributed by atoms with E-state index in [0.717, 1.165) is 10.9 Å². The van der Waals surface area contributed by atoms with Crippen LogP contribution in [0.15, 0.2) is 0 Å². The van der Waals surface area contributed by atoms with Gasteiger partial charge in [-0.05, 0) is 0 Å². The molecule has 0 unspecified atom stereocenters. The van der Waals surface area contributed by atoms with Gasteiger partial charge in [0.05, 0.1) is 0 Å². The molecule has 0 atom stereocenters. The average molecular weight is 293 g/mol. The van der Waals surface area contributed by atoms with Crippen molar-refractivity contribution >= 4 is 20.2 Å². The number of hydrogen-bond acceptors (Lipinski definition) is 2. The van der Waals surface area contributed by atoms with Gasteiger partial charge in [0, 0.05) is 0 Å². The molecule has 3 heteroatoms. The third-order valence-corrected chi connectivity index (χ3v) is 5.96. The Morgan fingerprint density at radius 2 is 1.62 bits per heavy atom. The Bertz CT molecular complexity index is 126. The van der Waals surface area contributed by atoms with Gasteiger partial charge in [-0.2, -0.15) is 0 Å². The van der Waals surface area contributed by atoms with Crippen LogP contribution in [0.4, 0.5) is 0 Å². The maximum atomic E-state index is 11.2. The van der Waals surface area contributed by atoms with Gasteiger partial charge < -0.3 is 0 Å². The van der Waals surface area contributed by atoms with Crippen LogP contribution in [-0.4, -0.2) is 26.8 Å². The summed E-state index contributed by atoms with van der Waals surface area (Å²) in [6.07, 6.45) is 7.62. The average Bonchev–Trinajstić information content (AvgIpc) is 2.11. The summed E-state index contributed by atoms with van der Waals surface area (Å²) in [6.45, 7) is 4.77. The molecular weight excluding hydrogens is 271 g/mol. The molecule has 0 aliphatic carbocycles. The first kappa shape index (κ1) is 13.6. The third kappa shape index (κ3) is 10.5. The second-order valence-corrected chi connectivity index (χ2v) is 7.70. The first-order valence-electron chi connectivity index (χ1n) is 5.46. The van der Waals surface area contributed by atoms with Gasteiger partial charge in [0.25, 0.3) is 0 Å². The molecule has 0 aromatic rings. The van der Waals surface area contributed by atoms with Crippen LogP contribution in [0.25, 0.3) is 0 Å². The molecule has 2 nitrogen and oxygen atoms in total. The molecule has 0 saturated carbocycles. The Morgan fingerprint density at radius 3 is 2.23 bits per heavy atom. The molecule has 0 heterocycles. The molecule has 0 aromatic carbocycles. The minimum atomic E-state index is -2.52. The molecule has 0 aliphatic heterocycles. The molecule has 13 heavy (non-hydrogen) atoms. The Hall–Kier alpha value is 0.559. The molecule has 0 rings (SSSR count). The van der Waals surface area contributed by atoms with Crippen LogP contribution in [0.2, 0.25) is 4.44 Å². The van der Waals surface area contributed by atoms with Crippen LogP contribution < -0.4 is 0 Å². The van der Waals surface area contributed by atoms with Crippen molar-refractivity contribution in [1.29, 1.82) is 0 Å². The maximum absolute atomic E-state index is 11.2. The van der Waals surface area contributed by atoms with Gasteiger partial charge >= 0.3 is 89.7 Å². The summed E-state index contributed by atoms with van der Waals surface area (Å²) in [5.41, 5.74) is 0. The molecule has 0 aliphatic rings. The monoisotopic (exact) mass is 294 g/mol. The van der Waals surface area contributed by atoms with Crippen molar-refractivity contribution in [3.8, 4) is 0 Å². The Morgan fingerprint density at radius 1 is 1.00 bits per heavy atom. The Balaban J connectivity index is 3.02. The van der Waals surface area contributed by atoms with Crippen molar-refractivity contribution < 1.29 is 6.15 Å². The van der Waals surface area contributed by atoms with E-state index < -0.39 is 20.2 Å². The predicted molar refractivity (Wildman–Crippen MR) is 56.2 cm³/mol. The van der Waals surface area contributed by atoms with Gasteiger partial charge in [0.2, 0.25) is 0 Å². The molecule has 0 aromatic heterocycles. The van der Waals surface area contributed by atoms with Crippen molar-refractivity contribution in [1.82, 2.24) is 0 Å². The first-order valence-corrected chi connectivity index (χ1v) is 9.81. The molecular formula is C10H22O2Sn. The summed E-state index contributed by atoms with van der Waals surface area (Å²) in [5, 5.41) is 0. The van der Waals surface area contributed by atoms with E-state index in [-0.39, 0.29) is 0 Å². The van der Waals surface area contributed by atoms with Gasteiger partial charge in [-0.15, -0.1) is 0 Å². The minimum absolute atomic E-state index is 0.633. The van der Waals surface area contributed by atoms with Gasteiger partial charge in [-0.3, -0.25) is 0 Å². The third-order valence-electron chi connectivity index (χ3n) is 2.04. The van der Waals surface area contributed by atoms with Crippen LogP contribution in [0, 0.1) is 0 Å². The molecule has 0 saturated heterocycles. The second-order valence-electron chi connectivity index (χ2n) is 3.32. The van der Waals surface area contributed by atoms with Crippen molar-refractivity contribution in [2.75, 3.05) is 6.61 Å². The molecule has 0 N–H and O–H groups in total. The standard InChI is InChI=1S/C8H17.C2H5O.O.Sn/c1-3-5-7-8-6-4-2;1-2-3;;/h1,3-8H2,2H3;2H2,1H3;;/q;-1;;+1. The normalized spacial score (nSPS) is 10.3. The quantitative estimate of drug-likeness (QED) is 0.481. The molecule has 0 bridgehead atoms. The van der Waals surface area contributed by atoms with E-state index in [2.05, 4.69) is 6.92 Å². The van der Waals surface area contributed by atoms with Crippen molar-refractivity contribution in [3.05, 3.63) is 0 Å². The summed E-state index contributed by atoms with van der Waals surface area (Å²) >= 11 is -2.52. The van der Waals surface area contributed by atoms with E-state index in [1.807, 2.05) is 6.92 Å². The summed E-state index contributed by atoms with van der Waals surface area (Å²) in [4.78, 5) is 0. The first-order chi connectivity index (χ1) is 6.31. The van der Waals surface area contributed by atoms with Crippen LogP contribution in [-0.2, 0) is 6.15 Å². The fraction of sp³-hybridized carbons (Fsp3) is 1.00. The summed E-state index contributed by atoms with van der Waals surface area (Å²) in [5.74, 6) is 0. The van der Waals surface area contributed by atoms with Gasteiger partial charge in [-0.1, -0.05) is 0 Å². The number of hydrogen-bond donors (Lipinski definition) is 0. The summed E-state index contributed by atoms with van der Waals surface area (Å²) in [7, 11) is 0. The molecule has 0 amide bonds. The van der Waals surface area contributed by atoms with Crippen molar-refractivity contribution in [2.24, 2.45) is 0 Å². The Labute approximate surface area is 89.7 Å². The van der Waals surface area contributed by atoms with Crippen LogP contribution in [0.5, 0.6) is 0 Å². The summed E-state index contributed by atoms with van der Waals surface area (Å²) < 4.78 is 17.2. The fourth-order valence-electron chi connectivity index (χ4n) is 1.28. The number of unbranched alkanes of at least 4 members (excludes halogenated alkanes) is 5. The van der Waals surface area contributed by atoms with Gasteiger partial charge in [0.15, 0.2) is 0 Å². The van der Waals surface area contributed by atoms with Crippen molar-refractivity contribution in [2.45, 2.75) is 56.8 Å². The predicted octanol–water partition coefficient (Wildman–Crippen LogP) is 3.30. The zero-order valence-corrected chi connectivity index (χ0v) is 11.8. The SMILES string of the molecule is CCCCCCC[CH2][Sn](=[O])[O]CC. The van der Waals surface area contributed by atoms with E-state index in [9.17, 15) is 3.08 Å². The topological polar surface area (TPSA) is 26.3 Å². The molecule has 0 spiro atoms. The molecule has 0 radical (unpaired) electrons. The van der Waals surface area contributed by atoms with E-state index in [0.29, 0.717) is 6.61 Å². The van der Waals surface area contributed by atoms with Gasteiger partial charge in [-0.25, -0.2) is 0 Å². The summed E-state index contributed by atoms with van der Waals surface area (Å²) in [6, 6.07) is 0. The Kier molecular flexibility index (Phi) is 11.1. The molecule has 78 valence electrons. The zero-order valence-electron chi connectivity index (χ0n) is 8.97. The van der Waals surface area contributed by atoms with Crippen LogP contribution in [0.1, 0.15) is 52.4 Å². The van der Waals surface area contributed by atoms with Crippen LogP contribution >= 0.6 is 0 Å². The van der Waals surface area contributed by atoms with Crippen LogP contribution in [0.3, 0.4) is 0 Å². The zero-order chi connectivity index (χ0) is 9.94. The van der Waals surface area contributed by atoms with Crippen molar-refractivity contribution in [3.63, 3.8) is 0 Å². The molecule has 0 fully saturated rings. The van der Waals surface area contributed by atoms with Gasteiger partial charge in [0.1, 0.15) is 0 Å². The second kappa shape index (κ2) is 10.6. The number of rotatable bonds is 9. The van der Waals surface area contributed by atoms with E-state index in [1.54, 1.807) is 0 Å². The van der Waals surface area contributed by atoms with E-state index in [1.165, 1.54) is 32.1 Å².